The Hall–Kier alpha value is -4.16. The molecule has 45 heavy (non-hydrogen) atoms. The van der Waals surface area contributed by atoms with Crippen LogP contribution in [0.1, 0.15) is 26.7 Å². The highest BCUT2D eigenvalue weighted by Crippen LogP contribution is 2.83. The predicted octanol–water partition coefficient (Wildman–Crippen LogP) is 2.02. The maximum Gasteiger partial charge on any atom is 0.407 e. The topological polar surface area (TPSA) is 154 Å². The van der Waals surface area contributed by atoms with Crippen LogP contribution in [-0.2, 0) is 19.1 Å². The fraction of sp³-hybridized carbons (Fsp3) is 0.655. The summed E-state index contributed by atoms with van der Waals surface area (Å²) in [6.07, 6.45) is -4.76. The highest BCUT2D eigenvalue weighted by molar-refractivity contribution is 6.01. The molecule has 4 heterocycles. The smallest absolute Gasteiger partial charge is 0.407 e. The second kappa shape index (κ2) is 9.20. The van der Waals surface area contributed by atoms with Crippen molar-refractivity contribution in [2.45, 2.75) is 62.3 Å². The van der Waals surface area contributed by atoms with E-state index in [1.807, 2.05) is 11.4 Å². The third kappa shape index (κ3) is 3.84. The Morgan fingerprint density at radius 3 is 2.62 bits per heavy atom. The highest BCUT2D eigenvalue weighted by Gasteiger charge is 2.88. The summed E-state index contributed by atoms with van der Waals surface area (Å²) in [4.78, 5) is 60.3. The molecule has 3 unspecified atom stereocenters. The summed E-state index contributed by atoms with van der Waals surface area (Å²) >= 11 is 0. The first-order chi connectivity index (χ1) is 21.1. The molecule has 0 radical (unpaired) electrons. The lowest BCUT2D eigenvalue weighted by Gasteiger charge is -2.39. The number of carbonyl (C=O) groups excluding carboxylic acids is 4. The summed E-state index contributed by atoms with van der Waals surface area (Å²) < 4.78 is 68.9. The summed E-state index contributed by atoms with van der Waals surface area (Å²) in [6.45, 7) is 1.00. The molecular weight excluding hydrogens is 604 g/mol. The maximum atomic E-state index is 15.5. The van der Waals surface area contributed by atoms with Crippen molar-refractivity contribution >= 4 is 29.6 Å². The van der Waals surface area contributed by atoms with E-state index in [-0.39, 0.29) is 48.7 Å². The van der Waals surface area contributed by atoms with E-state index in [0.29, 0.717) is 0 Å². The maximum absolute atomic E-state index is 15.5. The molecule has 2 saturated heterocycles. The molecule has 10 atom stereocenters. The number of likely N-dealkylation sites (tertiary alicyclic amines) is 2. The van der Waals surface area contributed by atoms with Crippen LogP contribution in [0.25, 0.3) is 0 Å². The largest absolute Gasteiger partial charge is 0.472 e. The van der Waals surface area contributed by atoms with Crippen LogP contribution in [-0.4, -0.2) is 94.4 Å². The lowest BCUT2D eigenvalue weighted by Crippen LogP contribution is -2.62. The van der Waals surface area contributed by atoms with E-state index in [1.165, 1.54) is 6.20 Å². The SMILES string of the molecule is COC(=O)NC(C(=O)N1CC2[C@@H]3C[C@@]4(F)C3[C@H]4[C@@H]2[C@H]1C(=O)N1C[C@@]2(C[C@H]1C#N)Oc1cccnc1NC2=O)C(C)(C)C(F)(F)F. The number of nitrogens with zero attached hydrogens (tertiary/aromatic N) is 4. The van der Waals surface area contributed by atoms with Crippen molar-refractivity contribution in [2.75, 3.05) is 25.5 Å². The van der Waals surface area contributed by atoms with Crippen LogP contribution in [0.2, 0.25) is 0 Å². The van der Waals surface area contributed by atoms with Crippen molar-refractivity contribution in [2.24, 2.45) is 35.0 Å². The molecule has 0 aromatic carbocycles. The number of carbonyl (C=O) groups is 4. The first kappa shape index (κ1) is 29.5. The molecular formula is C29H30F4N6O6. The molecule has 2 N–H and O–H groups in total. The van der Waals surface area contributed by atoms with Crippen LogP contribution in [0, 0.1) is 46.3 Å². The Labute approximate surface area is 254 Å². The molecule has 12 nitrogen and oxygen atoms in total. The van der Waals surface area contributed by atoms with Gasteiger partial charge >= 0.3 is 12.3 Å². The minimum absolute atomic E-state index is 0.118. The van der Waals surface area contributed by atoms with E-state index >= 15 is 4.39 Å². The summed E-state index contributed by atoms with van der Waals surface area (Å²) in [5.41, 5.74) is -5.97. The van der Waals surface area contributed by atoms with Gasteiger partial charge in [0.25, 0.3) is 5.91 Å². The van der Waals surface area contributed by atoms with Crippen LogP contribution in [0.5, 0.6) is 5.75 Å². The zero-order chi connectivity index (χ0) is 32.4. The van der Waals surface area contributed by atoms with E-state index < -0.39 is 83.2 Å². The van der Waals surface area contributed by atoms with Gasteiger partial charge in [0.1, 0.15) is 23.8 Å². The number of amides is 4. The Bertz CT molecular complexity index is 1570. The number of fused-ring (bicyclic) bond motifs is 5. The van der Waals surface area contributed by atoms with Gasteiger partial charge in [-0.05, 0) is 50.2 Å². The number of pyridine rings is 1. The van der Waals surface area contributed by atoms with E-state index in [0.717, 1.165) is 30.8 Å². The van der Waals surface area contributed by atoms with Crippen molar-refractivity contribution < 1.29 is 46.2 Å². The second-order valence-corrected chi connectivity index (χ2v) is 13.5. The Kier molecular flexibility index (Phi) is 6.04. The van der Waals surface area contributed by atoms with E-state index in [1.54, 1.807) is 12.1 Å². The highest BCUT2D eigenvalue weighted by atomic mass is 19.4. The van der Waals surface area contributed by atoms with Gasteiger partial charge in [0.05, 0.1) is 25.1 Å². The first-order valence-corrected chi connectivity index (χ1v) is 14.7. The average molecular weight is 635 g/mol. The van der Waals surface area contributed by atoms with Crippen molar-refractivity contribution in [1.29, 1.82) is 5.26 Å². The fourth-order valence-electron chi connectivity index (χ4n) is 8.71. The lowest BCUT2D eigenvalue weighted by molar-refractivity contribution is -0.222. The number of aromatic nitrogens is 1. The monoisotopic (exact) mass is 634 g/mol. The number of alkyl carbamates (subject to hydrolysis) is 1. The molecule has 6 aliphatic rings. The van der Waals surface area contributed by atoms with Crippen molar-refractivity contribution in [1.82, 2.24) is 20.1 Å². The Morgan fingerprint density at radius 2 is 1.96 bits per heavy atom. The number of ether oxygens (including phenoxy) is 2. The molecule has 3 aliphatic carbocycles. The van der Waals surface area contributed by atoms with Gasteiger partial charge < -0.3 is 29.9 Å². The van der Waals surface area contributed by atoms with Gasteiger partial charge in [0.2, 0.25) is 17.4 Å². The standard InChI is InChI=1S/C29H30F4N6O6/c1-26(2,29(31,32)33)20(36-25(43)44-3)23(41)38-10-14-13-8-28(30)17(13)18(28)16(14)19(38)22(40)39-11-27(7-12(39)9-34)24(42)37-21-15(45-27)5-4-6-35-21/h4-6,12-14,16-20H,7-8,10-11H2,1-3H3,(H,36,43)(H,35,37,42)/t12-,13-,14?,16+,17?,18+,19-,20?,27+,28+/m0/s1. The Morgan fingerprint density at radius 1 is 1.22 bits per heavy atom. The summed E-state index contributed by atoms with van der Waals surface area (Å²) in [5.74, 6) is -4.26. The van der Waals surface area contributed by atoms with Gasteiger partial charge in [-0.15, -0.1) is 0 Å². The summed E-state index contributed by atoms with van der Waals surface area (Å²) in [7, 11) is 0.939. The molecule has 3 aliphatic heterocycles. The lowest BCUT2D eigenvalue weighted by atomic mass is 9.69. The van der Waals surface area contributed by atoms with Crippen LogP contribution >= 0.6 is 0 Å². The van der Waals surface area contributed by atoms with Crippen molar-refractivity contribution in [3.63, 3.8) is 0 Å². The first-order valence-electron chi connectivity index (χ1n) is 14.7. The molecule has 3 saturated carbocycles. The van der Waals surface area contributed by atoms with Gasteiger partial charge in [0, 0.05) is 31.0 Å². The molecule has 5 fully saturated rings. The quantitative estimate of drug-likeness (QED) is 0.477. The predicted molar refractivity (Wildman–Crippen MR) is 143 cm³/mol. The van der Waals surface area contributed by atoms with Crippen LogP contribution in [0.15, 0.2) is 18.3 Å². The van der Waals surface area contributed by atoms with Gasteiger partial charge in [-0.3, -0.25) is 14.4 Å². The Balaban J connectivity index is 1.24. The average Bonchev–Trinajstić information content (AvgIpc) is 3.40. The third-order valence-corrected chi connectivity index (χ3v) is 11.1. The number of alkyl halides is 4. The van der Waals surface area contributed by atoms with Crippen LogP contribution in [0.3, 0.4) is 0 Å². The molecule has 0 bridgehead atoms. The summed E-state index contributed by atoms with van der Waals surface area (Å²) in [6, 6.07) is 0.358. The number of hydrogen-bond donors (Lipinski definition) is 2. The molecule has 4 amide bonds. The normalized spacial score (nSPS) is 37.7. The zero-order valence-corrected chi connectivity index (χ0v) is 24.4. The number of hydrogen-bond acceptors (Lipinski definition) is 8. The number of halogens is 4. The molecule has 7 rings (SSSR count). The number of methoxy groups -OCH3 is 1. The molecule has 1 aromatic rings. The van der Waals surface area contributed by atoms with Gasteiger partial charge in [0.15, 0.2) is 11.6 Å². The fourth-order valence-corrected chi connectivity index (χ4v) is 8.71. The molecule has 1 aromatic heterocycles. The number of nitriles is 1. The molecule has 1 spiro atoms. The van der Waals surface area contributed by atoms with Crippen molar-refractivity contribution in [3.8, 4) is 11.8 Å². The minimum atomic E-state index is -4.96. The van der Waals surface area contributed by atoms with Crippen molar-refractivity contribution in [3.05, 3.63) is 18.3 Å². The second-order valence-electron chi connectivity index (χ2n) is 13.5. The van der Waals surface area contributed by atoms with E-state index in [4.69, 9.17) is 4.74 Å². The molecule has 240 valence electrons. The number of nitrogens with one attached hydrogen (secondary N) is 2. The number of rotatable bonds is 4. The summed E-state index contributed by atoms with van der Waals surface area (Å²) in [5, 5.41) is 14.7. The van der Waals surface area contributed by atoms with Gasteiger partial charge in [-0.2, -0.15) is 18.4 Å². The van der Waals surface area contributed by atoms with E-state index in [9.17, 15) is 37.6 Å². The third-order valence-electron chi connectivity index (χ3n) is 11.1. The van der Waals surface area contributed by atoms with Gasteiger partial charge in [-0.25, -0.2) is 14.2 Å². The zero-order valence-electron chi connectivity index (χ0n) is 24.4. The van der Waals surface area contributed by atoms with Gasteiger partial charge in [-0.1, -0.05) is 0 Å². The van der Waals surface area contributed by atoms with Crippen LogP contribution < -0.4 is 15.4 Å². The minimum Gasteiger partial charge on any atom is -0.472 e. The number of anilines is 1. The van der Waals surface area contributed by atoms with E-state index in [2.05, 4.69) is 15.0 Å². The molecule has 16 heteroatoms. The van der Waals surface area contributed by atoms with Crippen LogP contribution in [0.4, 0.5) is 28.2 Å².